The van der Waals surface area contributed by atoms with E-state index in [9.17, 15) is 14.7 Å². The second kappa shape index (κ2) is 6.90. The minimum atomic E-state index is -0.885. The molecule has 0 aromatic rings. The van der Waals surface area contributed by atoms with Crippen LogP contribution in [0.5, 0.6) is 0 Å². The lowest BCUT2D eigenvalue weighted by Gasteiger charge is -2.35. The minimum Gasteiger partial charge on any atom is -0.480 e. The summed E-state index contributed by atoms with van der Waals surface area (Å²) in [6, 6.07) is -0.660. The van der Waals surface area contributed by atoms with E-state index in [0.29, 0.717) is 11.7 Å². The van der Waals surface area contributed by atoms with E-state index in [1.165, 1.54) is 12.8 Å². The molecule has 1 aliphatic carbocycles. The molecule has 0 spiro atoms. The van der Waals surface area contributed by atoms with E-state index in [-0.39, 0.29) is 17.4 Å². The summed E-state index contributed by atoms with van der Waals surface area (Å²) >= 11 is 1.60. The second-order valence-electron chi connectivity index (χ2n) is 6.31. The molecule has 2 atom stereocenters. The second-order valence-corrected chi connectivity index (χ2v) is 7.52. The third-order valence-corrected chi connectivity index (χ3v) is 5.51. The zero-order valence-corrected chi connectivity index (χ0v) is 13.9. The predicted octanol–water partition coefficient (Wildman–Crippen LogP) is 2.86. The van der Waals surface area contributed by atoms with E-state index in [1.54, 1.807) is 16.7 Å². The van der Waals surface area contributed by atoms with Gasteiger partial charge in [-0.3, -0.25) is 4.90 Å². The van der Waals surface area contributed by atoms with Crippen molar-refractivity contribution in [1.82, 2.24) is 9.80 Å². The number of thioether (sulfide) groups is 1. The summed E-state index contributed by atoms with van der Waals surface area (Å²) < 4.78 is 0. The zero-order valence-electron chi connectivity index (χ0n) is 13.1. The average Bonchev–Trinajstić information content (AvgIpc) is 3.14. The third kappa shape index (κ3) is 3.84. The highest BCUT2D eigenvalue weighted by Gasteiger charge is 2.43. The summed E-state index contributed by atoms with van der Waals surface area (Å²) in [5, 5.41) is 9.41. The zero-order chi connectivity index (χ0) is 15.6. The van der Waals surface area contributed by atoms with Gasteiger partial charge < -0.3 is 10.0 Å². The number of carboxylic acids is 1. The van der Waals surface area contributed by atoms with Gasteiger partial charge in [0, 0.05) is 18.3 Å². The Kier molecular flexibility index (Phi) is 5.41. The first-order chi connectivity index (χ1) is 9.95. The minimum absolute atomic E-state index is 0.00375. The Labute approximate surface area is 131 Å². The number of amides is 2. The molecule has 0 aromatic heterocycles. The van der Waals surface area contributed by atoms with Gasteiger partial charge in [-0.1, -0.05) is 13.3 Å². The van der Waals surface area contributed by atoms with Crippen LogP contribution in [0.25, 0.3) is 0 Å². The third-order valence-electron chi connectivity index (χ3n) is 4.15. The number of carbonyl (C=O) groups is 2. The molecular formula is C15H26N2O3S. The molecule has 6 heteroatoms. The molecule has 1 saturated carbocycles. The van der Waals surface area contributed by atoms with Crippen LogP contribution in [0.1, 0.15) is 46.5 Å². The van der Waals surface area contributed by atoms with Crippen LogP contribution in [-0.2, 0) is 4.79 Å². The number of carbonyl (C=O) groups excluding carboxylic acids is 1. The fraction of sp³-hybridized carbons (Fsp3) is 0.867. The van der Waals surface area contributed by atoms with E-state index < -0.39 is 12.0 Å². The molecule has 2 amide bonds. The Hall–Kier alpha value is -0.910. The highest BCUT2D eigenvalue weighted by Crippen LogP contribution is 2.35. The summed E-state index contributed by atoms with van der Waals surface area (Å²) in [7, 11) is 0. The summed E-state index contributed by atoms with van der Waals surface area (Å²) in [5.41, 5.74) is 0. The van der Waals surface area contributed by atoms with E-state index in [1.807, 2.05) is 18.7 Å². The molecule has 1 saturated heterocycles. The van der Waals surface area contributed by atoms with Crippen molar-refractivity contribution in [3.05, 3.63) is 0 Å². The van der Waals surface area contributed by atoms with Gasteiger partial charge in [0.25, 0.3) is 0 Å². The highest BCUT2D eigenvalue weighted by atomic mass is 32.2. The summed E-state index contributed by atoms with van der Waals surface area (Å²) in [5.74, 6) is 0.227. The van der Waals surface area contributed by atoms with Crippen molar-refractivity contribution in [3.63, 3.8) is 0 Å². The van der Waals surface area contributed by atoms with Gasteiger partial charge in [0.15, 0.2) is 0 Å². The van der Waals surface area contributed by atoms with Gasteiger partial charge in [-0.15, -0.1) is 11.8 Å². The Balaban J connectivity index is 2.15. The summed E-state index contributed by atoms with van der Waals surface area (Å²) in [6.45, 7) is 6.85. The van der Waals surface area contributed by atoms with Gasteiger partial charge in [0.1, 0.15) is 6.04 Å². The van der Waals surface area contributed by atoms with Crippen LogP contribution < -0.4 is 0 Å². The van der Waals surface area contributed by atoms with Crippen LogP contribution in [0.3, 0.4) is 0 Å². The molecule has 1 aliphatic heterocycles. The smallest absolute Gasteiger partial charge is 0.327 e. The summed E-state index contributed by atoms with van der Waals surface area (Å²) in [4.78, 5) is 27.9. The fourth-order valence-electron chi connectivity index (χ4n) is 2.72. The quantitative estimate of drug-likeness (QED) is 0.819. The van der Waals surface area contributed by atoms with Gasteiger partial charge in [0.05, 0.1) is 5.37 Å². The number of hydrogen-bond acceptors (Lipinski definition) is 3. The molecule has 2 rings (SSSR count). The van der Waals surface area contributed by atoms with Gasteiger partial charge in [0.2, 0.25) is 0 Å². The monoisotopic (exact) mass is 314 g/mol. The van der Waals surface area contributed by atoms with Crippen molar-refractivity contribution in [1.29, 1.82) is 0 Å². The SMILES string of the molecule is CCCC1SCC(C(=O)O)N1C(=O)N(CC1CC1)C(C)C. The van der Waals surface area contributed by atoms with E-state index in [4.69, 9.17) is 0 Å². The number of carboxylic acid groups (broad SMARTS) is 1. The Bertz CT molecular complexity index is 398. The first-order valence-corrected chi connectivity index (χ1v) is 8.93. The molecule has 1 N–H and O–H groups in total. The number of urea groups is 1. The lowest BCUT2D eigenvalue weighted by molar-refractivity contribution is -0.141. The number of hydrogen-bond donors (Lipinski definition) is 1. The van der Waals surface area contributed by atoms with E-state index in [2.05, 4.69) is 6.92 Å². The Morgan fingerprint density at radius 1 is 1.38 bits per heavy atom. The summed E-state index contributed by atoms with van der Waals surface area (Å²) in [6.07, 6.45) is 4.19. The molecule has 0 bridgehead atoms. The molecule has 21 heavy (non-hydrogen) atoms. The van der Waals surface area contributed by atoms with E-state index in [0.717, 1.165) is 19.4 Å². The van der Waals surface area contributed by atoms with Crippen LogP contribution in [0.2, 0.25) is 0 Å². The predicted molar refractivity (Wildman–Crippen MR) is 84.4 cm³/mol. The van der Waals surface area contributed by atoms with E-state index >= 15 is 0 Å². The molecule has 1 heterocycles. The van der Waals surface area contributed by atoms with Crippen LogP contribution in [0.15, 0.2) is 0 Å². The molecular weight excluding hydrogens is 288 g/mol. The molecule has 2 fully saturated rings. The van der Waals surface area contributed by atoms with Gasteiger partial charge in [-0.05, 0) is 39.0 Å². The first-order valence-electron chi connectivity index (χ1n) is 7.89. The van der Waals surface area contributed by atoms with Gasteiger partial charge in [-0.2, -0.15) is 0 Å². The maximum absolute atomic E-state index is 12.9. The van der Waals surface area contributed by atoms with Crippen LogP contribution in [0.4, 0.5) is 4.79 Å². The highest BCUT2D eigenvalue weighted by molar-refractivity contribution is 8.00. The van der Waals surface area contributed by atoms with Crippen molar-refractivity contribution >= 4 is 23.8 Å². The van der Waals surface area contributed by atoms with Crippen LogP contribution >= 0.6 is 11.8 Å². The maximum atomic E-state index is 12.9. The van der Waals surface area contributed by atoms with Crippen molar-refractivity contribution in [2.24, 2.45) is 5.92 Å². The first kappa shape index (κ1) is 16.5. The number of nitrogens with zero attached hydrogens (tertiary/aromatic N) is 2. The maximum Gasteiger partial charge on any atom is 0.327 e. The Morgan fingerprint density at radius 2 is 2.05 bits per heavy atom. The normalized spacial score (nSPS) is 25.4. The molecule has 2 unspecified atom stereocenters. The Morgan fingerprint density at radius 3 is 2.52 bits per heavy atom. The number of rotatable bonds is 6. The lowest BCUT2D eigenvalue weighted by atomic mass is 10.2. The topological polar surface area (TPSA) is 60.9 Å². The number of aliphatic carboxylic acids is 1. The molecule has 0 aromatic carbocycles. The molecule has 2 aliphatic rings. The van der Waals surface area contributed by atoms with Crippen molar-refractivity contribution in [3.8, 4) is 0 Å². The van der Waals surface area contributed by atoms with Crippen molar-refractivity contribution in [2.45, 2.75) is 63.9 Å². The fourth-order valence-corrected chi connectivity index (χ4v) is 4.22. The molecule has 5 nitrogen and oxygen atoms in total. The van der Waals surface area contributed by atoms with Crippen LogP contribution in [0, 0.1) is 5.92 Å². The average molecular weight is 314 g/mol. The van der Waals surface area contributed by atoms with Gasteiger partial charge in [-0.25, -0.2) is 9.59 Å². The molecule has 0 radical (unpaired) electrons. The standard InChI is InChI=1S/C15H26N2O3S/c1-4-5-13-17(12(9-21-13)14(18)19)15(20)16(10(2)3)8-11-6-7-11/h10-13H,4-9H2,1-3H3,(H,18,19). The van der Waals surface area contributed by atoms with Crippen molar-refractivity contribution in [2.75, 3.05) is 12.3 Å². The van der Waals surface area contributed by atoms with Gasteiger partial charge >= 0.3 is 12.0 Å². The van der Waals surface area contributed by atoms with Crippen LogP contribution in [-0.4, -0.2) is 56.7 Å². The lowest BCUT2D eigenvalue weighted by Crippen LogP contribution is -2.53. The van der Waals surface area contributed by atoms with Crippen molar-refractivity contribution < 1.29 is 14.7 Å². The molecule has 120 valence electrons. The largest absolute Gasteiger partial charge is 0.480 e.